The van der Waals surface area contributed by atoms with Crippen molar-refractivity contribution in [3.8, 4) is 5.75 Å². The average Bonchev–Trinajstić information content (AvgIpc) is 2.56. The van der Waals surface area contributed by atoms with Crippen LogP contribution >= 0.6 is 23.2 Å². The lowest BCUT2D eigenvalue weighted by Crippen LogP contribution is -2.29. The Morgan fingerprint density at radius 2 is 1.79 bits per heavy atom. The van der Waals surface area contributed by atoms with Gasteiger partial charge in [0.1, 0.15) is 5.75 Å². The topological polar surface area (TPSA) is 46.5 Å². The summed E-state index contributed by atoms with van der Waals surface area (Å²) in [6.07, 6.45) is -0.899. The van der Waals surface area contributed by atoms with E-state index in [4.69, 9.17) is 27.9 Å². The van der Waals surface area contributed by atoms with Gasteiger partial charge in [0.25, 0.3) is 0 Å². The van der Waals surface area contributed by atoms with Crippen LogP contribution in [0.25, 0.3) is 10.8 Å². The van der Waals surface area contributed by atoms with Crippen molar-refractivity contribution in [1.82, 2.24) is 0 Å². The summed E-state index contributed by atoms with van der Waals surface area (Å²) in [6, 6.07) is 18.2. The van der Waals surface area contributed by atoms with E-state index in [-0.39, 0.29) is 6.42 Å². The van der Waals surface area contributed by atoms with Crippen molar-refractivity contribution in [3.05, 3.63) is 76.3 Å². The molecule has 3 nitrogen and oxygen atoms in total. The molecule has 1 N–H and O–H groups in total. The summed E-state index contributed by atoms with van der Waals surface area (Å²) in [6.45, 7) is 0. The Labute approximate surface area is 149 Å². The molecule has 0 aliphatic rings. The molecule has 0 radical (unpaired) electrons. The van der Waals surface area contributed by atoms with Crippen LogP contribution in [0.15, 0.2) is 60.7 Å². The Balaban J connectivity index is 1.90. The summed E-state index contributed by atoms with van der Waals surface area (Å²) in [4.78, 5) is 11.6. The number of fused-ring (bicyclic) bond motifs is 1. The molecule has 0 fully saturated rings. The van der Waals surface area contributed by atoms with Crippen molar-refractivity contribution < 1.29 is 14.6 Å². The summed E-state index contributed by atoms with van der Waals surface area (Å²) >= 11 is 12.0. The van der Waals surface area contributed by atoms with Crippen molar-refractivity contribution in [2.75, 3.05) is 0 Å². The van der Waals surface area contributed by atoms with E-state index in [1.807, 2.05) is 36.4 Å². The van der Waals surface area contributed by atoms with Gasteiger partial charge in [0, 0.05) is 21.9 Å². The van der Waals surface area contributed by atoms with Crippen LogP contribution in [0.1, 0.15) is 5.56 Å². The lowest BCUT2D eigenvalue weighted by Gasteiger charge is -2.17. The fourth-order valence-electron chi connectivity index (χ4n) is 2.52. The van der Waals surface area contributed by atoms with Crippen molar-refractivity contribution in [1.29, 1.82) is 0 Å². The molecule has 0 aromatic heterocycles. The number of hydrogen-bond donors (Lipinski definition) is 1. The highest BCUT2D eigenvalue weighted by Gasteiger charge is 2.22. The number of benzene rings is 3. The molecule has 3 aromatic carbocycles. The van der Waals surface area contributed by atoms with Crippen LogP contribution in [-0.4, -0.2) is 17.2 Å². The van der Waals surface area contributed by atoms with E-state index < -0.39 is 12.1 Å². The maximum Gasteiger partial charge on any atom is 0.345 e. The molecule has 0 amide bonds. The predicted molar refractivity (Wildman–Crippen MR) is 96.2 cm³/mol. The van der Waals surface area contributed by atoms with E-state index >= 15 is 0 Å². The van der Waals surface area contributed by atoms with Gasteiger partial charge in [-0.1, -0.05) is 65.7 Å². The maximum absolute atomic E-state index is 11.6. The zero-order valence-electron chi connectivity index (χ0n) is 12.6. The number of carbonyl (C=O) groups is 1. The van der Waals surface area contributed by atoms with E-state index in [0.717, 1.165) is 10.8 Å². The minimum Gasteiger partial charge on any atom is -0.478 e. The number of rotatable bonds is 5. The molecule has 3 rings (SSSR count). The Hall–Kier alpha value is -2.23. The third-order valence-electron chi connectivity index (χ3n) is 3.71. The van der Waals surface area contributed by atoms with Gasteiger partial charge in [-0.2, -0.15) is 0 Å². The predicted octanol–water partition coefficient (Wildman–Crippen LogP) is 5.22. The fourth-order valence-corrected chi connectivity index (χ4v) is 3.00. The zero-order valence-corrected chi connectivity index (χ0v) is 14.1. The first-order valence-electron chi connectivity index (χ1n) is 7.36. The average molecular weight is 361 g/mol. The molecule has 0 saturated carbocycles. The molecule has 24 heavy (non-hydrogen) atoms. The van der Waals surface area contributed by atoms with Crippen LogP contribution in [-0.2, 0) is 11.2 Å². The summed E-state index contributed by atoms with van der Waals surface area (Å²) in [5.74, 6) is -0.514. The van der Waals surface area contributed by atoms with Gasteiger partial charge in [-0.05, 0) is 29.1 Å². The second kappa shape index (κ2) is 7.12. The van der Waals surface area contributed by atoms with Crippen molar-refractivity contribution in [2.45, 2.75) is 12.5 Å². The van der Waals surface area contributed by atoms with Gasteiger partial charge in [0.15, 0.2) is 6.10 Å². The number of hydrogen-bond acceptors (Lipinski definition) is 2. The monoisotopic (exact) mass is 360 g/mol. The Morgan fingerprint density at radius 3 is 2.54 bits per heavy atom. The molecule has 1 unspecified atom stereocenters. The standard InChI is InChI=1S/C19H14Cl2O3/c20-14-9-8-13(16(21)11-14)10-18(19(22)23)24-17-7-3-5-12-4-1-2-6-15(12)17/h1-9,11,18H,10H2,(H,22,23). The molecule has 0 saturated heterocycles. The number of carboxylic acids is 1. The van der Waals surface area contributed by atoms with Gasteiger partial charge < -0.3 is 9.84 Å². The Bertz CT molecular complexity index is 887. The van der Waals surface area contributed by atoms with Crippen molar-refractivity contribution in [3.63, 3.8) is 0 Å². The first-order chi connectivity index (χ1) is 11.5. The Kier molecular flexibility index (Phi) is 4.93. The van der Waals surface area contributed by atoms with E-state index in [0.29, 0.717) is 21.4 Å². The molecule has 0 aliphatic heterocycles. The van der Waals surface area contributed by atoms with Crippen LogP contribution in [0.5, 0.6) is 5.75 Å². The van der Waals surface area contributed by atoms with E-state index in [1.165, 1.54) is 0 Å². The number of halogens is 2. The highest BCUT2D eigenvalue weighted by molar-refractivity contribution is 6.35. The molecule has 0 spiro atoms. The lowest BCUT2D eigenvalue weighted by atomic mass is 10.1. The van der Waals surface area contributed by atoms with Gasteiger partial charge in [0.2, 0.25) is 0 Å². The van der Waals surface area contributed by atoms with Gasteiger partial charge in [-0.3, -0.25) is 0 Å². The summed E-state index contributed by atoms with van der Waals surface area (Å²) < 4.78 is 5.79. The van der Waals surface area contributed by atoms with Gasteiger partial charge in [-0.25, -0.2) is 4.79 Å². The molecule has 3 aromatic rings. The molecule has 0 aliphatic carbocycles. The quantitative estimate of drug-likeness (QED) is 0.678. The van der Waals surface area contributed by atoms with Crippen LogP contribution in [0.3, 0.4) is 0 Å². The summed E-state index contributed by atoms with van der Waals surface area (Å²) in [5, 5.41) is 12.3. The van der Waals surface area contributed by atoms with Crippen LogP contribution < -0.4 is 4.74 Å². The molecule has 0 heterocycles. The molecular weight excluding hydrogens is 347 g/mol. The molecular formula is C19H14Cl2O3. The minimum atomic E-state index is -1.05. The third kappa shape index (κ3) is 3.64. The second-order valence-corrected chi connectivity index (χ2v) is 6.21. The zero-order chi connectivity index (χ0) is 17.1. The van der Waals surface area contributed by atoms with Gasteiger partial charge in [-0.15, -0.1) is 0 Å². The molecule has 122 valence electrons. The van der Waals surface area contributed by atoms with E-state index in [1.54, 1.807) is 24.3 Å². The smallest absolute Gasteiger partial charge is 0.345 e. The van der Waals surface area contributed by atoms with E-state index in [2.05, 4.69) is 0 Å². The largest absolute Gasteiger partial charge is 0.478 e. The van der Waals surface area contributed by atoms with Gasteiger partial charge >= 0.3 is 5.97 Å². The highest BCUT2D eigenvalue weighted by Crippen LogP contribution is 2.28. The highest BCUT2D eigenvalue weighted by atomic mass is 35.5. The third-order valence-corrected chi connectivity index (χ3v) is 4.30. The normalized spacial score (nSPS) is 12.1. The molecule has 5 heteroatoms. The first-order valence-corrected chi connectivity index (χ1v) is 8.11. The van der Waals surface area contributed by atoms with Crippen LogP contribution in [0.2, 0.25) is 10.0 Å². The fraction of sp³-hybridized carbons (Fsp3) is 0.105. The SMILES string of the molecule is O=C(O)C(Cc1ccc(Cl)cc1Cl)Oc1cccc2ccccc12. The summed E-state index contributed by atoms with van der Waals surface area (Å²) in [7, 11) is 0. The van der Waals surface area contributed by atoms with Crippen molar-refractivity contribution in [2.24, 2.45) is 0 Å². The summed E-state index contributed by atoms with van der Waals surface area (Å²) in [5.41, 5.74) is 0.675. The van der Waals surface area contributed by atoms with Gasteiger partial charge in [0.05, 0.1) is 0 Å². The first kappa shape index (κ1) is 16.6. The van der Waals surface area contributed by atoms with E-state index in [9.17, 15) is 9.90 Å². The number of ether oxygens (including phenoxy) is 1. The lowest BCUT2D eigenvalue weighted by molar-refractivity contribution is -0.144. The second-order valence-electron chi connectivity index (χ2n) is 5.36. The van der Waals surface area contributed by atoms with Crippen molar-refractivity contribution >= 4 is 39.9 Å². The number of aliphatic carboxylic acids is 1. The van der Waals surface area contributed by atoms with Crippen LogP contribution in [0.4, 0.5) is 0 Å². The van der Waals surface area contributed by atoms with Crippen LogP contribution in [0, 0.1) is 0 Å². The maximum atomic E-state index is 11.6. The molecule has 1 atom stereocenters. The minimum absolute atomic E-state index is 0.147. The number of carboxylic acid groups (broad SMARTS) is 1. The Morgan fingerprint density at radius 1 is 1.04 bits per heavy atom. The molecule has 0 bridgehead atoms.